The van der Waals surface area contributed by atoms with Gasteiger partial charge in [-0.3, -0.25) is 4.79 Å². The van der Waals surface area contributed by atoms with Gasteiger partial charge in [-0.2, -0.15) is 5.26 Å². The molecule has 1 amide bonds. The minimum Gasteiger partial charge on any atom is -0.484 e. The molecule has 0 bridgehead atoms. The lowest BCUT2D eigenvalue weighted by Crippen LogP contribution is -2.29. The molecule has 1 rings (SSSR count). The molecule has 2 N–H and O–H groups in total. The highest BCUT2D eigenvalue weighted by molar-refractivity contribution is 5.77. The Morgan fingerprint density at radius 2 is 2.05 bits per heavy atom. The zero-order chi connectivity index (χ0) is 15.5. The fraction of sp³-hybridized carbons (Fsp3) is 0.500. The predicted octanol–water partition coefficient (Wildman–Crippen LogP) is 1.84. The van der Waals surface area contributed by atoms with Crippen molar-refractivity contribution < 1.29 is 9.53 Å². The quantitative estimate of drug-likeness (QED) is 0.680. The van der Waals surface area contributed by atoms with E-state index in [9.17, 15) is 4.79 Å². The van der Waals surface area contributed by atoms with Crippen LogP contribution in [0.1, 0.15) is 25.8 Å². The number of carbonyl (C=O) groups excluding carboxylic acids is 1. The SMILES string of the molecule is CC(C)CNCc1ccc(OCC(=O)NCCC#N)cc1. The van der Waals surface area contributed by atoms with E-state index in [0.29, 0.717) is 24.6 Å². The third-order valence-corrected chi connectivity index (χ3v) is 2.73. The minimum atomic E-state index is -0.215. The topological polar surface area (TPSA) is 74.2 Å². The summed E-state index contributed by atoms with van der Waals surface area (Å²) >= 11 is 0. The number of carbonyl (C=O) groups is 1. The average Bonchev–Trinajstić information content (AvgIpc) is 2.46. The molecule has 5 heteroatoms. The van der Waals surface area contributed by atoms with Gasteiger partial charge in [0.05, 0.1) is 12.5 Å². The van der Waals surface area contributed by atoms with Gasteiger partial charge in [0.25, 0.3) is 5.91 Å². The van der Waals surface area contributed by atoms with Gasteiger partial charge in [0.1, 0.15) is 5.75 Å². The second kappa shape index (κ2) is 9.78. The molecular formula is C16H23N3O2. The molecule has 1 aromatic rings. The number of nitrogens with zero attached hydrogens (tertiary/aromatic N) is 1. The largest absolute Gasteiger partial charge is 0.484 e. The Labute approximate surface area is 126 Å². The Hall–Kier alpha value is -2.06. The summed E-state index contributed by atoms with van der Waals surface area (Å²) in [5.41, 5.74) is 1.18. The van der Waals surface area contributed by atoms with Crippen LogP contribution in [0.3, 0.4) is 0 Å². The number of amides is 1. The molecule has 1 aromatic carbocycles. The Bertz CT molecular complexity index is 463. The monoisotopic (exact) mass is 289 g/mol. The fourth-order valence-electron chi connectivity index (χ4n) is 1.67. The molecule has 0 heterocycles. The van der Waals surface area contributed by atoms with Gasteiger partial charge in [0.2, 0.25) is 0 Å². The molecule has 114 valence electrons. The highest BCUT2D eigenvalue weighted by atomic mass is 16.5. The van der Waals surface area contributed by atoms with Gasteiger partial charge in [0.15, 0.2) is 6.61 Å². The summed E-state index contributed by atoms with van der Waals surface area (Å²) in [6.45, 7) is 6.49. The molecule has 0 spiro atoms. The first kappa shape index (κ1) is 17.0. The van der Waals surface area contributed by atoms with E-state index in [1.54, 1.807) is 0 Å². The Morgan fingerprint density at radius 3 is 2.67 bits per heavy atom. The number of hydrogen-bond donors (Lipinski definition) is 2. The first-order chi connectivity index (χ1) is 10.1. The fourth-order valence-corrected chi connectivity index (χ4v) is 1.67. The summed E-state index contributed by atoms with van der Waals surface area (Å²) in [6, 6.07) is 9.64. The third kappa shape index (κ3) is 7.95. The summed E-state index contributed by atoms with van der Waals surface area (Å²) in [7, 11) is 0. The van der Waals surface area contributed by atoms with Crippen molar-refractivity contribution >= 4 is 5.91 Å². The van der Waals surface area contributed by atoms with E-state index >= 15 is 0 Å². The maximum absolute atomic E-state index is 11.4. The van der Waals surface area contributed by atoms with Crippen LogP contribution in [0.15, 0.2) is 24.3 Å². The maximum atomic E-state index is 11.4. The second-order valence-electron chi connectivity index (χ2n) is 5.22. The van der Waals surface area contributed by atoms with Crippen LogP contribution in [0.5, 0.6) is 5.75 Å². The van der Waals surface area contributed by atoms with Crippen LogP contribution in [-0.2, 0) is 11.3 Å². The molecule has 0 aliphatic rings. The predicted molar refractivity (Wildman–Crippen MR) is 81.7 cm³/mol. The molecule has 0 aliphatic carbocycles. The minimum absolute atomic E-state index is 0.0314. The van der Waals surface area contributed by atoms with Crippen molar-refractivity contribution in [3.05, 3.63) is 29.8 Å². The van der Waals surface area contributed by atoms with E-state index in [1.807, 2.05) is 30.3 Å². The molecule has 0 aliphatic heterocycles. The summed E-state index contributed by atoms with van der Waals surface area (Å²) < 4.78 is 5.38. The lowest BCUT2D eigenvalue weighted by molar-refractivity contribution is -0.123. The summed E-state index contributed by atoms with van der Waals surface area (Å²) in [6.07, 6.45) is 0.309. The van der Waals surface area contributed by atoms with Gasteiger partial charge in [0, 0.05) is 13.1 Å². The molecule has 0 radical (unpaired) electrons. The van der Waals surface area contributed by atoms with Crippen molar-refractivity contribution in [2.24, 2.45) is 5.92 Å². The lowest BCUT2D eigenvalue weighted by atomic mass is 10.2. The van der Waals surface area contributed by atoms with Gasteiger partial charge in [-0.25, -0.2) is 0 Å². The molecule has 0 fully saturated rings. The molecule has 5 nitrogen and oxygen atoms in total. The second-order valence-corrected chi connectivity index (χ2v) is 5.22. The zero-order valence-corrected chi connectivity index (χ0v) is 12.7. The van der Waals surface area contributed by atoms with Crippen LogP contribution in [0.4, 0.5) is 0 Å². The number of nitrogens with one attached hydrogen (secondary N) is 2. The van der Waals surface area contributed by atoms with Gasteiger partial charge >= 0.3 is 0 Å². The van der Waals surface area contributed by atoms with E-state index in [1.165, 1.54) is 5.56 Å². The number of ether oxygens (including phenoxy) is 1. The van der Waals surface area contributed by atoms with E-state index in [-0.39, 0.29) is 12.5 Å². The standard InChI is InChI=1S/C16H23N3O2/c1-13(2)10-18-11-14-4-6-15(7-5-14)21-12-16(20)19-9-3-8-17/h4-7,13,18H,3,9-12H2,1-2H3,(H,19,20). The molecule has 0 saturated carbocycles. The van der Waals surface area contributed by atoms with Gasteiger partial charge in [-0.1, -0.05) is 26.0 Å². The van der Waals surface area contributed by atoms with Gasteiger partial charge in [-0.05, 0) is 30.2 Å². The lowest BCUT2D eigenvalue weighted by Gasteiger charge is -2.09. The highest BCUT2D eigenvalue weighted by Gasteiger charge is 2.02. The number of nitriles is 1. The average molecular weight is 289 g/mol. The smallest absolute Gasteiger partial charge is 0.257 e. The Balaban J connectivity index is 2.27. The highest BCUT2D eigenvalue weighted by Crippen LogP contribution is 2.12. The summed E-state index contributed by atoms with van der Waals surface area (Å²) in [4.78, 5) is 11.4. The first-order valence-electron chi connectivity index (χ1n) is 7.18. The van der Waals surface area contributed by atoms with Crippen LogP contribution in [-0.4, -0.2) is 25.6 Å². The molecule has 0 aromatic heterocycles. The van der Waals surface area contributed by atoms with Gasteiger partial charge < -0.3 is 15.4 Å². The normalized spacial score (nSPS) is 10.2. The van der Waals surface area contributed by atoms with Crippen molar-refractivity contribution in [2.75, 3.05) is 19.7 Å². The third-order valence-electron chi connectivity index (χ3n) is 2.73. The molecule has 21 heavy (non-hydrogen) atoms. The van der Waals surface area contributed by atoms with Crippen molar-refractivity contribution in [3.8, 4) is 11.8 Å². The van der Waals surface area contributed by atoms with Crippen molar-refractivity contribution in [2.45, 2.75) is 26.8 Å². The maximum Gasteiger partial charge on any atom is 0.257 e. The zero-order valence-electron chi connectivity index (χ0n) is 12.7. The Kier molecular flexibility index (Phi) is 7.92. The van der Waals surface area contributed by atoms with Crippen molar-refractivity contribution in [1.29, 1.82) is 5.26 Å². The first-order valence-corrected chi connectivity index (χ1v) is 7.18. The molecule has 0 unspecified atom stereocenters. The number of benzene rings is 1. The molecular weight excluding hydrogens is 266 g/mol. The van der Waals surface area contributed by atoms with Crippen molar-refractivity contribution in [3.63, 3.8) is 0 Å². The van der Waals surface area contributed by atoms with Gasteiger partial charge in [-0.15, -0.1) is 0 Å². The van der Waals surface area contributed by atoms with E-state index < -0.39 is 0 Å². The van der Waals surface area contributed by atoms with E-state index in [4.69, 9.17) is 10.00 Å². The van der Waals surface area contributed by atoms with E-state index in [2.05, 4.69) is 24.5 Å². The molecule has 0 atom stereocenters. The number of rotatable bonds is 9. The van der Waals surface area contributed by atoms with Crippen LogP contribution >= 0.6 is 0 Å². The number of hydrogen-bond acceptors (Lipinski definition) is 4. The van der Waals surface area contributed by atoms with Crippen molar-refractivity contribution in [1.82, 2.24) is 10.6 Å². The van der Waals surface area contributed by atoms with Crippen LogP contribution < -0.4 is 15.4 Å². The van der Waals surface area contributed by atoms with Crippen LogP contribution in [0.2, 0.25) is 0 Å². The van der Waals surface area contributed by atoms with Crippen LogP contribution in [0.25, 0.3) is 0 Å². The van der Waals surface area contributed by atoms with Crippen LogP contribution in [0, 0.1) is 17.2 Å². The summed E-state index contributed by atoms with van der Waals surface area (Å²) in [5, 5.41) is 14.3. The Morgan fingerprint density at radius 1 is 1.33 bits per heavy atom. The summed E-state index contributed by atoms with van der Waals surface area (Å²) in [5.74, 6) is 1.08. The van der Waals surface area contributed by atoms with E-state index in [0.717, 1.165) is 13.1 Å². The molecule has 0 saturated heterocycles.